The van der Waals surface area contributed by atoms with Crippen LogP contribution in [0, 0.1) is 18.7 Å². The number of carbonyl (C=O) groups is 3. The molecule has 214 valence electrons. The van der Waals surface area contributed by atoms with Crippen molar-refractivity contribution in [3.8, 4) is 0 Å². The highest BCUT2D eigenvalue weighted by atomic mass is 19.3. The molecule has 3 heterocycles. The first-order valence-electron chi connectivity index (χ1n) is 12.7. The first-order valence-corrected chi connectivity index (χ1v) is 12.7. The third-order valence-electron chi connectivity index (χ3n) is 7.92. The van der Waals surface area contributed by atoms with Gasteiger partial charge in [-0.25, -0.2) is 27.6 Å². The predicted octanol–water partition coefficient (Wildman–Crippen LogP) is 3.48. The van der Waals surface area contributed by atoms with Crippen molar-refractivity contribution in [2.75, 3.05) is 20.2 Å². The van der Waals surface area contributed by atoms with Gasteiger partial charge in [-0.05, 0) is 43.3 Å². The van der Waals surface area contributed by atoms with Crippen LogP contribution in [0.1, 0.15) is 65.7 Å². The minimum Gasteiger partial charge on any atom is -0.481 e. The number of rotatable bonds is 6. The van der Waals surface area contributed by atoms with E-state index in [1.165, 1.54) is 31.1 Å². The summed E-state index contributed by atoms with van der Waals surface area (Å²) in [7, 11) is 1.17. The number of hydrogen-bond donors (Lipinski definition) is 3. The van der Waals surface area contributed by atoms with E-state index in [0.717, 1.165) is 0 Å². The molecule has 1 saturated heterocycles. The summed E-state index contributed by atoms with van der Waals surface area (Å²) < 4.78 is 53.1. The molecule has 3 N–H and O–H groups in total. The fourth-order valence-corrected chi connectivity index (χ4v) is 5.63. The molecule has 15 heteroatoms. The Balaban J connectivity index is 1.52. The van der Waals surface area contributed by atoms with Gasteiger partial charge in [-0.15, -0.1) is 0 Å². The van der Waals surface area contributed by atoms with Gasteiger partial charge >= 0.3 is 12.1 Å². The summed E-state index contributed by atoms with van der Waals surface area (Å²) in [5, 5.41) is 20.0. The topological polar surface area (TPSA) is 164 Å². The van der Waals surface area contributed by atoms with Crippen LogP contribution < -0.4 is 5.32 Å². The summed E-state index contributed by atoms with van der Waals surface area (Å²) in [5.74, 6) is -6.03. The SMILES string of the molecule is COC(=O)N1CCC(C(=O)O)(c2ccc3[nH]c(C(NC(=O)c4nonc4C)C4CCC(F)(F)CC4)nc3c2F)C1. The van der Waals surface area contributed by atoms with E-state index >= 15 is 4.39 Å². The summed E-state index contributed by atoms with van der Waals surface area (Å²) in [6.07, 6.45) is -1.39. The number of imidazole rings is 1. The van der Waals surface area contributed by atoms with Crippen molar-refractivity contribution in [1.82, 2.24) is 30.5 Å². The van der Waals surface area contributed by atoms with E-state index in [1.54, 1.807) is 0 Å². The van der Waals surface area contributed by atoms with E-state index in [1.807, 2.05) is 0 Å². The van der Waals surface area contributed by atoms with Crippen molar-refractivity contribution < 1.29 is 42.0 Å². The van der Waals surface area contributed by atoms with Crippen LogP contribution in [-0.4, -0.2) is 74.4 Å². The fourth-order valence-electron chi connectivity index (χ4n) is 5.63. The zero-order chi connectivity index (χ0) is 28.8. The maximum absolute atomic E-state index is 16.0. The summed E-state index contributed by atoms with van der Waals surface area (Å²) in [5.41, 5.74) is -1.70. The van der Waals surface area contributed by atoms with Gasteiger partial charge in [0.2, 0.25) is 5.92 Å². The van der Waals surface area contributed by atoms with Crippen LogP contribution in [0.2, 0.25) is 0 Å². The fraction of sp³-hybridized carbons (Fsp3) is 0.520. The molecular formula is C25H27F3N6O6. The van der Waals surface area contributed by atoms with Gasteiger partial charge in [-0.2, -0.15) is 0 Å². The summed E-state index contributed by atoms with van der Waals surface area (Å²) in [4.78, 5) is 45.9. The van der Waals surface area contributed by atoms with Crippen molar-refractivity contribution in [3.05, 3.63) is 40.7 Å². The molecule has 0 spiro atoms. The lowest BCUT2D eigenvalue weighted by molar-refractivity contribution is -0.143. The van der Waals surface area contributed by atoms with Crippen molar-refractivity contribution in [1.29, 1.82) is 0 Å². The molecule has 2 aromatic heterocycles. The van der Waals surface area contributed by atoms with Crippen LogP contribution >= 0.6 is 0 Å². The Bertz CT molecular complexity index is 1460. The van der Waals surface area contributed by atoms with Crippen molar-refractivity contribution in [3.63, 3.8) is 0 Å². The second-order valence-electron chi connectivity index (χ2n) is 10.3. The second-order valence-corrected chi connectivity index (χ2v) is 10.3. The largest absolute Gasteiger partial charge is 0.481 e. The lowest BCUT2D eigenvalue weighted by Gasteiger charge is -2.33. The highest BCUT2D eigenvalue weighted by Gasteiger charge is 2.50. The van der Waals surface area contributed by atoms with Crippen molar-refractivity contribution in [2.24, 2.45) is 5.92 Å². The number of H-pyrrole nitrogens is 1. The number of likely N-dealkylation sites (tertiary alicyclic amines) is 1. The highest BCUT2D eigenvalue weighted by molar-refractivity contribution is 5.93. The highest BCUT2D eigenvalue weighted by Crippen LogP contribution is 2.42. The number of hydrogen-bond acceptors (Lipinski definition) is 8. The number of ether oxygens (including phenoxy) is 1. The number of halogens is 3. The molecule has 1 aliphatic heterocycles. The van der Waals surface area contributed by atoms with Gasteiger partial charge in [-0.1, -0.05) is 11.2 Å². The minimum atomic E-state index is -2.82. The molecular weight excluding hydrogens is 537 g/mol. The Morgan fingerprint density at radius 1 is 1.23 bits per heavy atom. The molecule has 2 atom stereocenters. The van der Waals surface area contributed by atoms with Crippen LogP contribution in [-0.2, 0) is 14.9 Å². The average Bonchev–Trinajstić information content (AvgIpc) is 3.66. The maximum Gasteiger partial charge on any atom is 0.409 e. The number of aryl methyl sites for hydroxylation is 1. The van der Waals surface area contributed by atoms with Gasteiger partial charge in [0.1, 0.15) is 22.5 Å². The Hall–Kier alpha value is -4.17. The first-order chi connectivity index (χ1) is 19.0. The number of nitrogens with zero attached hydrogens (tertiary/aromatic N) is 4. The summed E-state index contributed by atoms with van der Waals surface area (Å²) in [6.45, 7) is 1.27. The average molecular weight is 565 g/mol. The number of methoxy groups -OCH3 is 1. The van der Waals surface area contributed by atoms with E-state index in [0.29, 0.717) is 0 Å². The lowest BCUT2D eigenvalue weighted by Crippen LogP contribution is -2.41. The molecule has 2 fully saturated rings. The van der Waals surface area contributed by atoms with Gasteiger partial charge in [0.25, 0.3) is 5.91 Å². The number of aliphatic carboxylic acids is 1. The quantitative estimate of drug-likeness (QED) is 0.407. The smallest absolute Gasteiger partial charge is 0.409 e. The number of carboxylic acids is 1. The molecule has 1 aliphatic carbocycles. The molecule has 0 radical (unpaired) electrons. The number of fused-ring (bicyclic) bond motifs is 1. The zero-order valence-electron chi connectivity index (χ0n) is 21.7. The number of benzene rings is 1. The monoisotopic (exact) mass is 564 g/mol. The van der Waals surface area contributed by atoms with E-state index in [4.69, 9.17) is 4.74 Å². The van der Waals surface area contributed by atoms with Crippen LogP contribution in [0.3, 0.4) is 0 Å². The first kappa shape index (κ1) is 27.4. The predicted molar refractivity (Wildman–Crippen MR) is 130 cm³/mol. The van der Waals surface area contributed by atoms with Gasteiger partial charge in [0, 0.05) is 31.5 Å². The number of nitrogens with one attached hydrogen (secondary N) is 2. The van der Waals surface area contributed by atoms with Gasteiger partial charge in [-0.3, -0.25) is 9.59 Å². The van der Waals surface area contributed by atoms with E-state index in [9.17, 15) is 28.3 Å². The van der Waals surface area contributed by atoms with Crippen LogP contribution in [0.4, 0.5) is 18.0 Å². The van der Waals surface area contributed by atoms with Crippen molar-refractivity contribution in [2.45, 2.75) is 56.4 Å². The Kier molecular flexibility index (Phi) is 6.92. The van der Waals surface area contributed by atoms with Crippen molar-refractivity contribution >= 4 is 29.0 Å². The van der Waals surface area contributed by atoms with Crippen LogP contribution in [0.5, 0.6) is 0 Å². The third-order valence-corrected chi connectivity index (χ3v) is 7.92. The molecule has 1 saturated carbocycles. The molecule has 12 nitrogen and oxygen atoms in total. The number of aromatic amines is 1. The molecule has 0 bridgehead atoms. The normalized spacial score (nSPS) is 21.9. The Morgan fingerprint density at radius 3 is 2.58 bits per heavy atom. The second kappa shape index (κ2) is 10.1. The zero-order valence-corrected chi connectivity index (χ0v) is 21.7. The molecule has 2 amide bonds. The standard InChI is InChI=1S/C25H27F3N6O6/c1-12-17(33-40-32-12)21(35)31-18(13-5-7-25(27,28)8-6-13)20-29-15-4-3-14(16(26)19(15)30-20)24(22(36)37)9-10-34(11-24)23(38)39-2/h3-4,13,18H,5-11H2,1-2H3,(H,29,30)(H,31,35)(H,36,37). The van der Waals surface area contributed by atoms with Crippen LogP contribution in [0.15, 0.2) is 16.8 Å². The lowest BCUT2D eigenvalue weighted by atomic mass is 9.79. The minimum absolute atomic E-state index is 0.0444. The van der Waals surface area contributed by atoms with Gasteiger partial charge < -0.3 is 25.0 Å². The van der Waals surface area contributed by atoms with Gasteiger partial charge in [0.05, 0.1) is 18.7 Å². The van der Waals surface area contributed by atoms with E-state index in [2.05, 4.69) is 30.2 Å². The Morgan fingerprint density at radius 2 is 1.95 bits per heavy atom. The number of aromatic nitrogens is 4. The maximum atomic E-state index is 16.0. The van der Waals surface area contributed by atoms with Crippen LogP contribution in [0.25, 0.3) is 11.0 Å². The molecule has 3 aromatic rings. The summed E-state index contributed by atoms with van der Waals surface area (Å²) in [6, 6.07) is 1.88. The Labute approximate surface area is 225 Å². The molecule has 2 unspecified atom stereocenters. The summed E-state index contributed by atoms with van der Waals surface area (Å²) >= 11 is 0. The number of carbonyl (C=O) groups excluding carboxylic acids is 2. The third kappa shape index (κ3) is 4.73. The van der Waals surface area contributed by atoms with Gasteiger partial charge in [0.15, 0.2) is 11.5 Å². The molecule has 2 aliphatic rings. The number of amides is 2. The molecule has 1 aromatic carbocycles. The number of alkyl halides is 2. The molecule has 5 rings (SSSR count). The van der Waals surface area contributed by atoms with E-state index in [-0.39, 0.29) is 79.0 Å². The number of carboxylic acid groups (broad SMARTS) is 1. The molecule has 40 heavy (non-hydrogen) atoms. The van der Waals surface area contributed by atoms with E-state index < -0.39 is 47.1 Å².